The summed E-state index contributed by atoms with van der Waals surface area (Å²) in [4.78, 5) is 14.0. The Morgan fingerprint density at radius 2 is 2.21 bits per heavy atom. The molecule has 108 valence electrons. The Morgan fingerprint density at radius 3 is 2.84 bits per heavy atom. The Morgan fingerprint density at radius 1 is 1.53 bits per heavy atom. The molecule has 5 nitrogen and oxygen atoms in total. The number of piperidine rings is 1. The van der Waals surface area contributed by atoms with Crippen LogP contribution in [0.5, 0.6) is 0 Å². The van der Waals surface area contributed by atoms with Crippen molar-refractivity contribution in [1.29, 1.82) is 0 Å². The first-order valence-corrected chi connectivity index (χ1v) is 7.01. The van der Waals surface area contributed by atoms with Gasteiger partial charge in [0.1, 0.15) is 0 Å². The van der Waals surface area contributed by atoms with Gasteiger partial charge < -0.3 is 19.7 Å². The second-order valence-corrected chi connectivity index (χ2v) is 5.47. The third-order valence-corrected chi connectivity index (χ3v) is 4.02. The van der Waals surface area contributed by atoms with Crippen molar-refractivity contribution in [2.45, 2.75) is 38.5 Å². The van der Waals surface area contributed by atoms with E-state index in [4.69, 9.17) is 9.47 Å². The van der Waals surface area contributed by atoms with Crippen LogP contribution in [-0.4, -0.2) is 49.1 Å². The Bertz CT molecular complexity index is 340. The fraction of sp³-hybridized carbons (Fsp3) is 0.786. The van der Waals surface area contributed by atoms with E-state index in [1.165, 1.54) is 0 Å². The summed E-state index contributed by atoms with van der Waals surface area (Å²) in [5, 5.41) is 2.91. The molecule has 2 atom stereocenters. The zero-order valence-electron chi connectivity index (χ0n) is 11.9. The highest BCUT2D eigenvalue weighted by Crippen LogP contribution is 2.33. The van der Waals surface area contributed by atoms with Gasteiger partial charge in [0, 0.05) is 25.0 Å². The maximum Gasteiger partial charge on any atom is 0.317 e. The van der Waals surface area contributed by atoms with Crippen molar-refractivity contribution >= 4 is 6.03 Å². The Hall–Kier alpha value is -1.07. The molecule has 2 heterocycles. The Labute approximate surface area is 114 Å². The van der Waals surface area contributed by atoms with Crippen LogP contribution in [0.1, 0.15) is 26.7 Å². The highest BCUT2D eigenvalue weighted by atomic mass is 16.7. The Kier molecular flexibility index (Phi) is 4.47. The average Bonchev–Trinajstić information content (AvgIpc) is 2.87. The molecule has 0 spiro atoms. The molecule has 5 heteroatoms. The number of rotatable bonds is 3. The second kappa shape index (κ2) is 5.92. The first-order chi connectivity index (χ1) is 9.05. The van der Waals surface area contributed by atoms with Gasteiger partial charge in [0.25, 0.3) is 0 Å². The summed E-state index contributed by atoms with van der Waals surface area (Å²) in [6.07, 6.45) is 3.75. The fourth-order valence-electron chi connectivity index (χ4n) is 2.70. The van der Waals surface area contributed by atoms with Gasteiger partial charge in [-0.3, -0.25) is 0 Å². The predicted molar refractivity (Wildman–Crippen MR) is 72.8 cm³/mol. The van der Waals surface area contributed by atoms with Crippen LogP contribution in [0.15, 0.2) is 12.7 Å². The lowest BCUT2D eigenvalue weighted by molar-refractivity contribution is -0.189. The van der Waals surface area contributed by atoms with Crippen LogP contribution < -0.4 is 5.32 Å². The SMILES string of the molecule is C=C[C@H](C)NC(=O)N1CCC[C@@H](C2(C)OCCO2)C1. The number of amides is 2. The van der Waals surface area contributed by atoms with Crippen molar-refractivity contribution in [2.24, 2.45) is 5.92 Å². The van der Waals surface area contributed by atoms with Gasteiger partial charge in [-0.1, -0.05) is 6.08 Å². The summed E-state index contributed by atoms with van der Waals surface area (Å²) in [7, 11) is 0. The summed E-state index contributed by atoms with van der Waals surface area (Å²) in [6.45, 7) is 10.3. The van der Waals surface area contributed by atoms with Crippen LogP contribution in [0, 0.1) is 5.92 Å². The van der Waals surface area contributed by atoms with Gasteiger partial charge >= 0.3 is 6.03 Å². The van der Waals surface area contributed by atoms with Crippen molar-refractivity contribution in [3.05, 3.63) is 12.7 Å². The van der Waals surface area contributed by atoms with Crippen LogP contribution >= 0.6 is 0 Å². The number of nitrogens with zero attached hydrogens (tertiary/aromatic N) is 1. The summed E-state index contributed by atoms with van der Waals surface area (Å²) in [6, 6.07) is -0.0406. The molecule has 0 radical (unpaired) electrons. The van der Waals surface area contributed by atoms with E-state index in [0.29, 0.717) is 19.8 Å². The smallest absolute Gasteiger partial charge is 0.317 e. The number of likely N-dealkylation sites (tertiary alicyclic amines) is 1. The van der Waals surface area contributed by atoms with Crippen molar-refractivity contribution in [3.63, 3.8) is 0 Å². The maximum atomic E-state index is 12.1. The van der Waals surface area contributed by atoms with Crippen molar-refractivity contribution in [3.8, 4) is 0 Å². The van der Waals surface area contributed by atoms with Gasteiger partial charge in [0.15, 0.2) is 5.79 Å². The molecule has 2 rings (SSSR count). The van der Waals surface area contributed by atoms with Crippen LogP contribution in [0.2, 0.25) is 0 Å². The van der Waals surface area contributed by atoms with E-state index in [0.717, 1.165) is 19.4 Å². The van der Waals surface area contributed by atoms with E-state index in [9.17, 15) is 4.79 Å². The van der Waals surface area contributed by atoms with Gasteiger partial charge in [0.2, 0.25) is 0 Å². The summed E-state index contributed by atoms with van der Waals surface area (Å²) in [5.74, 6) is -0.281. The molecule has 0 aromatic heterocycles. The molecule has 2 fully saturated rings. The molecule has 0 bridgehead atoms. The summed E-state index contributed by atoms with van der Waals surface area (Å²) >= 11 is 0. The lowest BCUT2D eigenvalue weighted by atomic mass is 9.90. The van der Waals surface area contributed by atoms with Gasteiger partial charge in [-0.25, -0.2) is 4.79 Å². The molecule has 0 aromatic carbocycles. The van der Waals surface area contributed by atoms with E-state index in [2.05, 4.69) is 11.9 Å². The molecule has 0 aromatic rings. The maximum absolute atomic E-state index is 12.1. The number of nitrogens with one attached hydrogen (secondary N) is 1. The lowest BCUT2D eigenvalue weighted by Crippen LogP contribution is -2.52. The largest absolute Gasteiger partial charge is 0.347 e. The van der Waals surface area contributed by atoms with Gasteiger partial charge in [0.05, 0.1) is 13.2 Å². The minimum atomic E-state index is -0.525. The quantitative estimate of drug-likeness (QED) is 0.793. The summed E-state index contributed by atoms with van der Waals surface area (Å²) in [5.41, 5.74) is 0. The standard InChI is InChI=1S/C14H24N2O3/c1-4-11(2)15-13(17)16-7-5-6-12(10-16)14(3)18-8-9-19-14/h4,11-12H,1,5-10H2,2-3H3,(H,15,17)/t11-,12+/m0/s1. The average molecular weight is 268 g/mol. The molecule has 1 N–H and O–H groups in total. The number of hydrogen-bond acceptors (Lipinski definition) is 3. The molecule has 0 saturated carbocycles. The monoisotopic (exact) mass is 268 g/mol. The van der Waals surface area contributed by atoms with Crippen LogP contribution in [0.4, 0.5) is 4.79 Å². The molecule has 2 amide bonds. The van der Waals surface area contributed by atoms with E-state index >= 15 is 0 Å². The molecule has 0 aliphatic carbocycles. The molecule has 19 heavy (non-hydrogen) atoms. The van der Waals surface area contributed by atoms with Crippen molar-refractivity contribution in [2.75, 3.05) is 26.3 Å². The highest BCUT2D eigenvalue weighted by Gasteiger charge is 2.42. The molecule has 2 aliphatic heterocycles. The number of carbonyl (C=O) groups excluding carboxylic acids is 1. The minimum absolute atomic E-state index is 0.0116. The van der Waals surface area contributed by atoms with E-state index < -0.39 is 5.79 Å². The van der Waals surface area contributed by atoms with Gasteiger partial charge in [-0.2, -0.15) is 0 Å². The van der Waals surface area contributed by atoms with Crippen LogP contribution in [0.3, 0.4) is 0 Å². The molecule has 0 unspecified atom stereocenters. The molecular weight excluding hydrogens is 244 g/mol. The molecular formula is C14H24N2O3. The third kappa shape index (κ3) is 3.28. The van der Waals surface area contributed by atoms with Gasteiger partial charge in [-0.05, 0) is 26.7 Å². The van der Waals surface area contributed by atoms with Crippen LogP contribution in [0.25, 0.3) is 0 Å². The number of hydrogen-bond donors (Lipinski definition) is 1. The van der Waals surface area contributed by atoms with Gasteiger partial charge in [-0.15, -0.1) is 6.58 Å². The lowest BCUT2D eigenvalue weighted by Gasteiger charge is -2.40. The van der Waals surface area contributed by atoms with E-state index in [-0.39, 0.29) is 18.0 Å². The zero-order valence-corrected chi connectivity index (χ0v) is 11.9. The minimum Gasteiger partial charge on any atom is -0.347 e. The first kappa shape index (κ1) is 14.3. The van der Waals surface area contributed by atoms with Crippen molar-refractivity contribution in [1.82, 2.24) is 10.2 Å². The van der Waals surface area contributed by atoms with Crippen LogP contribution in [-0.2, 0) is 9.47 Å². The highest BCUT2D eigenvalue weighted by molar-refractivity contribution is 5.74. The third-order valence-electron chi connectivity index (χ3n) is 4.02. The fourth-order valence-corrected chi connectivity index (χ4v) is 2.70. The number of urea groups is 1. The number of ether oxygens (including phenoxy) is 2. The normalized spacial score (nSPS) is 27.9. The predicted octanol–water partition coefficient (Wildman–Crippen LogP) is 1.75. The molecule has 2 aliphatic rings. The first-order valence-electron chi connectivity index (χ1n) is 7.01. The molecule has 2 saturated heterocycles. The second-order valence-electron chi connectivity index (χ2n) is 5.47. The zero-order chi connectivity index (χ0) is 13.9. The van der Waals surface area contributed by atoms with E-state index in [1.54, 1.807) is 6.08 Å². The summed E-state index contributed by atoms with van der Waals surface area (Å²) < 4.78 is 11.4. The topological polar surface area (TPSA) is 50.8 Å². The number of carbonyl (C=O) groups is 1. The Balaban J connectivity index is 1.93. The van der Waals surface area contributed by atoms with E-state index in [1.807, 2.05) is 18.7 Å². The van der Waals surface area contributed by atoms with Crippen molar-refractivity contribution < 1.29 is 14.3 Å².